The summed E-state index contributed by atoms with van der Waals surface area (Å²) in [5, 5.41) is 0. The first-order chi connectivity index (χ1) is 8.47. The Bertz CT molecular complexity index is 463. The molecule has 98 valence electrons. The van der Waals surface area contributed by atoms with Crippen LogP contribution in [0.25, 0.3) is 0 Å². The second-order valence-electron chi connectivity index (χ2n) is 5.23. The fourth-order valence-electron chi connectivity index (χ4n) is 2.67. The van der Waals surface area contributed by atoms with Gasteiger partial charge in [0.05, 0.1) is 11.1 Å². The fraction of sp³-hybridized carbons (Fsp3) is 0.500. The van der Waals surface area contributed by atoms with E-state index in [9.17, 15) is 9.18 Å². The van der Waals surface area contributed by atoms with Crippen LogP contribution in [0.15, 0.2) is 24.3 Å². The molecule has 0 saturated heterocycles. The quantitative estimate of drug-likeness (QED) is 0.875. The summed E-state index contributed by atoms with van der Waals surface area (Å²) >= 11 is 0. The predicted molar refractivity (Wildman–Crippen MR) is 69.7 cm³/mol. The highest BCUT2D eigenvalue weighted by atomic mass is 19.1. The first-order valence-electron chi connectivity index (χ1n) is 6.25. The monoisotopic (exact) mass is 250 g/mol. The van der Waals surface area contributed by atoms with E-state index in [4.69, 9.17) is 5.73 Å². The Morgan fingerprint density at radius 1 is 1.50 bits per heavy atom. The maximum Gasteiger partial charge on any atom is 0.234 e. The zero-order chi connectivity index (χ0) is 13.3. The molecule has 1 aliphatic rings. The van der Waals surface area contributed by atoms with Crippen LogP contribution in [0.2, 0.25) is 0 Å². The first kappa shape index (κ1) is 13.0. The third-order valence-electron chi connectivity index (χ3n) is 4.04. The van der Waals surface area contributed by atoms with Crippen LogP contribution in [-0.4, -0.2) is 19.0 Å². The van der Waals surface area contributed by atoms with Crippen molar-refractivity contribution >= 4 is 11.6 Å². The molecule has 0 aliphatic heterocycles. The molecule has 1 saturated carbocycles. The molecule has 0 aromatic heterocycles. The van der Waals surface area contributed by atoms with Gasteiger partial charge in [-0.25, -0.2) is 4.39 Å². The van der Waals surface area contributed by atoms with Crippen LogP contribution in [0.4, 0.5) is 10.1 Å². The van der Waals surface area contributed by atoms with Gasteiger partial charge >= 0.3 is 0 Å². The van der Waals surface area contributed by atoms with Gasteiger partial charge < -0.3 is 10.6 Å². The minimum Gasteiger partial charge on any atom is -0.327 e. The number of rotatable bonds is 2. The van der Waals surface area contributed by atoms with E-state index in [1.807, 2.05) is 6.92 Å². The fourth-order valence-corrected chi connectivity index (χ4v) is 2.67. The Kier molecular flexibility index (Phi) is 3.39. The minimum absolute atomic E-state index is 0.0994. The lowest BCUT2D eigenvalue weighted by molar-refractivity contribution is -0.127. The summed E-state index contributed by atoms with van der Waals surface area (Å²) in [5.41, 5.74) is 5.76. The number of hydrogen-bond acceptors (Lipinski definition) is 2. The van der Waals surface area contributed by atoms with E-state index in [1.54, 1.807) is 25.2 Å². The number of carbonyl (C=O) groups is 1. The summed E-state index contributed by atoms with van der Waals surface area (Å²) in [6.45, 7) is 1.88. The second kappa shape index (κ2) is 4.69. The average Bonchev–Trinajstić information content (AvgIpc) is 2.70. The van der Waals surface area contributed by atoms with Crippen LogP contribution in [0.3, 0.4) is 0 Å². The van der Waals surface area contributed by atoms with Crippen molar-refractivity contribution in [2.24, 2.45) is 11.1 Å². The van der Waals surface area contributed by atoms with E-state index < -0.39 is 5.41 Å². The van der Waals surface area contributed by atoms with E-state index in [2.05, 4.69) is 0 Å². The molecular weight excluding hydrogens is 231 g/mol. The Morgan fingerprint density at radius 2 is 2.17 bits per heavy atom. The minimum atomic E-state index is -0.572. The van der Waals surface area contributed by atoms with E-state index in [0.29, 0.717) is 5.69 Å². The maximum atomic E-state index is 13.7. The molecule has 4 heteroatoms. The van der Waals surface area contributed by atoms with Crippen molar-refractivity contribution in [1.29, 1.82) is 0 Å². The van der Waals surface area contributed by atoms with Crippen molar-refractivity contribution in [2.45, 2.75) is 32.2 Å². The number of nitrogens with two attached hydrogens (primary N) is 1. The van der Waals surface area contributed by atoms with Crippen molar-refractivity contribution < 1.29 is 9.18 Å². The molecule has 0 heterocycles. The lowest BCUT2D eigenvalue weighted by Crippen LogP contribution is -2.48. The standard InChI is InChI=1S/C14H19FN2O/c1-14(9-5-8-12(14)16)13(18)17(2)11-7-4-3-6-10(11)15/h3-4,6-7,12H,5,8-9,16H2,1-2H3. The highest BCUT2D eigenvalue weighted by molar-refractivity contribution is 5.97. The van der Waals surface area contributed by atoms with Crippen LogP contribution in [0.5, 0.6) is 0 Å². The van der Waals surface area contributed by atoms with Gasteiger partial charge in [-0.3, -0.25) is 4.79 Å². The smallest absolute Gasteiger partial charge is 0.234 e. The van der Waals surface area contributed by atoms with Gasteiger partial charge in [0.25, 0.3) is 0 Å². The SMILES string of the molecule is CN(C(=O)C1(C)CCCC1N)c1ccccc1F. The molecule has 1 aliphatic carbocycles. The van der Waals surface area contributed by atoms with Crippen molar-refractivity contribution in [3.63, 3.8) is 0 Å². The molecule has 0 spiro atoms. The highest BCUT2D eigenvalue weighted by Crippen LogP contribution is 2.39. The van der Waals surface area contributed by atoms with E-state index in [1.165, 1.54) is 11.0 Å². The van der Waals surface area contributed by atoms with Crippen LogP contribution in [0, 0.1) is 11.2 Å². The Balaban J connectivity index is 2.27. The van der Waals surface area contributed by atoms with Gasteiger partial charge in [0.1, 0.15) is 5.82 Å². The van der Waals surface area contributed by atoms with Gasteiger partial charge in [0.15, 0.2) is 0 Å². The number of carbonyl (C=O) groups excluding carboxylic acids is 1. The normalized spacial score (nSPS) is 27.2. The molecule has 0 radical (unpaired) electrons. The molecule has 2 rings (SSSR count). The maximum absolute atomic E-state index is 13.7. The van der Waals surface area contributed by atoms with Gasteiger partial charge in [0.2, 0.25) is 5.91 Å². The second-order valence-corrected chi connectivity index (χ2v) is 5.23. The number of amides is 1. The third kappa shape index (κ3) is 2.01. The number of nitrogens with zero attached hydrogens (tertiary/aromatic N) is 1. The van der Waals surface area contributed by atoms with Crippen molar-refractivity contribution in [3.05, 3.63) is 30.1 Å². The summed E-state index contributed by atoms with van der Waals surface area (Å²) in [6.07, 6.45) is 2.58. The molecule has 1 aromatic rings. The summed E-state index contributed by atoms with van der Waals surface area (Å²) in [4.78, 5) is 13.9. The number of hydrogen-bond donors (Lipinski definition) is 1. The molecule has 3 nitrogen and oxygen atoms in total. The van der Waals surface area contributed by atoms with Gasteiger partial charge in [-0.15, -0.1) is 0 Å². The summed E-state index contributed by atoms with van der Waals surface area (Å²) in [7, 11) is 1.61. The number of halogens is 1. The zero-order valence-corrected chi connectivity index (χ0v) is 10.8. The molecule has 2 N–H and O–H groups in total. The van der Waals surface area contributed by atoms with Gasteiger partial charge in [-0.2, -0.15) is 0 Å². The topological polar surface area (TPSA) is 46.3 Å². The van der Waals surface area contributed by atoms with Gasteiger partial charge in [-0.05, 0) is 31.9 Å². The summed E-state index contributed by atoms with van der Waals surface area (Å²) in [6, 6.07) is 6.16. The van der Waals surface area contributed by atoms with E-state index in [-0.39, 0.29) is 17.8 Å². The Labute approximate surface area is 107 Å². The first-order valence-corrected chi connectivity index (χ1v) is 6.25. The van der Waals surface area contributed by atoms with Crippen LogP contribution in [-0.2, 0) is 4.79 Å². The lowest BCUT2D eigenvalue weighted by Gasteiger charge is -2.32. The lowest BCUT2D eigenvalue weighted by atomic mass is 9.83. The molecule has 1 aromatic carbocycles. The number of anilines is 1. The molecule has 18 heavy (non-hydrogen) atoms. The highest BCUT2D eigenvalue weighted by Gasteiger charge is 2.44. The van der Waals surface area contributed by atoms with Crippen LogP contribution >= 0.6 is 0 Å². The Morgan fingerprint density at radius 3 is 2.72 bits per heavy atom. The van der Waals surface area contributed by atoms with E-state index >= 15 is 0 Å². The van der Waals surface area contributed by atoms with Crippen molar-refractivity contribution in [3.8, 4) is 0 Å². The molecular formula is C14H19FN2O. The largest absolute Gasteiger partial charge is 0.327 e. The number of para-hydroxylation sites is 1. The van der Waals surface area contributed by atoms with Gasteiger partial charge in [-0.1, -0.05) is 18.6 Å². The molecule has 2 unspecified atom stereocenters. The predicted octanol–water partition coefficient (Wildman–Crippen LogP) is 2.31. The van der Waals surface area contributed by atoms with Crippen LogP contribution in [0.1, 0.15) is 26.2 Å². The summed E-state index contributed by atoms with van der Waals surface area (Å²) in [5.74, 6) is -0.485. The molecule has 1 amide bonds. The Hall–Kier alpha value is -1.42. The molecule has 2 atom stereocenters. The van der Waals surface area contributed by atoms with Crippen molar-refractivity contribution in [2.75, 3.05) is 11.9 Å². The van der Waals surface area contributed by atoms with Gasteiger partial charge in [0, 0.05) is 13.1 Å². The molecule has 1 fully saturated rings. The van der Waals surface area contributed by atoms with Crippen molar-refractivity contribution in [1.82, 2.24) is 0 Å². The molecule has 0 bridgehead atoms. The van der Waals surface area contributed by atoms with E-state index in [0.717, 1.165) is 19.3 Å². The average molecular weight is 250 g/mol. The summed E-state index contributed by atoms with van der Waals surface area (Å²) < 4.78 is 13.7. The van der Waals surface area contributed by atoms with Crippen LogP contribution < -0.4 is 10.6 Å². The third-order valence-corrected chi connectivity index (χ3v) is 4.04. The zero-order valence-electron chi connectivity index (χ0n) is 10.8. The number of benzene rings is 1.